The number of aliphatic carboxylic acids is 1. The predicted octanol–water partition coefficient (Wildman–Crippen LogP) is 9.60. The summed E-state index contributed by atoms with van der Waals surface area (Å²) in [6.45, 7) is 2.66. The number of phosphoric ester groups is 1. The van der Waals surface area contributed by atoms with E-state index in [0.717, 1.165) is 64.2 Å². The van der Waals surface area contributed by atoms with E-state index in [9.17, 15) is 23.8 Å². The second-order valence-corrected chi connectivity index (χ2v) is 15.6. The topological polar surface area (TPSA) is 184 Å². The molecule has 0 bridgehead atoms. The Morgan fingerprint density at radius 3 is 1.87 bits per heavy atom. The van der Waals surface area contributed by atoms with Crippen LogP contribution in [0.4, 0.5) is 0 Å². The Hall–Kier alpha value is -2.60. The molecule has 5 atom stereocenters. The largest absolute Gasteiger partial charge is 0.480 e. The number of carbonyl (C=O) groups is 3. The van der Waals surface area contributed by atoms with Gasteiger partial charge in [-0.3, -0.25) is 23.4 Å². The van der Waals surface area contributed by atoms with Gasteiger partial charge in [-0.1, -0.05) is 114 Å². The van der Waals surface area contributed by atoms with E-state index in [2.05, 4.69) is 67.0 Å². The molecule has 1 heterocycles. The molecular weight excluding hydrogens is 725 g/mol. The zero-order valence-electron chi connectivity index (χ0n) is 33.7. The van der Waals surface area contributed by atoms with E-state index >= 15 is 0 Å². The molecule has 13 heteroatoms. The number of nitrogens with two attached hydrogens (primary N) is 1. The normalized spacial score (nSPS) is 18.0. The van der Waals surface area contributed by atoms with Crippen LogP contribution >= 0.6 is 7.82 Å². The number of esters is 2. The van der Waals surface area contributed by atoms with Crippen LogP contribution in [0.1, 0.15) is 155 Å². The first-order valence-electron chi connectivity index (χ1n) is 20.8. The second kappa shape index (κ2) is 33.5. The first-order valence-corrected chi connectivity index (χ1v) is 22.3. The molecular formula is C42H72NO11P. The van der Waals surface area contributed by atoms with E-state index in [4.69, 9.17) is 29.6 Å². The molecule has 1 aliphatic rings. The molecule has 0 radical (unpaired) electrons. The van der Waals surface area contributed by atoms with Crippen molar-refractivity contribution in [1.29, 1.82) is 0 Å². The Morgan fingerprint density at radius 2 is 1.20 bits per heavy atom. The summed E-state index contributed by atoms with van der Waals surface area (Å²) in [4.78, 5) is 46.0. The van der Waals surface area contributed by atoms with Crippen molar-refractivity contribution in [2.45, 2.75) is 179 Å². The van der Waals surface area contributed by atoms with Gasteiger partial charge in [0.25, 0.3) is 0 Å². The Labute approximate surface area is 330 Å². The molecule has 4 N–H and O–H groups in total. The number of epoxide rings is 1. The number of phosphoric acid groups is 1. The highest BCUT2D eigenvalue weighted by atomic mass is 31.2. The van der Waals surface area contributed by atoms with Crippen LogP contribution in [-0.2, 0) is 42.2 Å². The molecule has 55 heavy (non-hydrogen) atoms. The second-order valence-electron chi connectivity index (χ2n) is 14.1. The Bertz CT molecular complexity index is 1190. The third kappa shape index (κ3) is 31.2. The van der Waals surface area contributed by atoms with Crippen LogP contribution in [-0.4, -0.2) is 72.1 Å². The van der Waals surface area contributed by atoms with E-state index in [-0.39, 0.29) is 31.7 Å². The number of carbonyl (C=O) groups excluding carboxylic acids is 2. The number of carboxylic acid groups (broad SMARTS) is 1. The molecule has 0 aliphatic carbocycles. The average molecular weight is 798 g/mol. The zero-order valence-corrected chi connectivity index (χ0v) is 34.6. The summed E-state index contributed by atoms with van der Waals surface area (Å²) in [6, 6.07) is -1.54. The van der Waals surface area contributed by atoms with E-state index < -0.39 is 51.1 Å². The fraction of sp³-hybridized carbons (Fsp3) is 0.738. The highest BCUT2D eigenvalue weighted by Gasteiger charge is 2.37. The lowest BCUT2D eigenvalue weighted by Crippen LogP contribution is -2.34. The van der Waals surface area contributed by atoms with Gasteiger partial charge in [-0.25, -0.2) is 4.57 Å². The van der Waals surface area contributed by atoms with Gasteiger partial charge in [0.15, 0.2) is 6.10 Å². The van der Waals surface area contributed by atoms with Gasteiger partial charge in [-0.15, -0.1) is 0 Å². The highest BCUT2D eigenvalue weighted by molar-refractivity contribution is 7.47. The minimum absolute atomic E-state index is 0.0697. The van der Waals surface area contributed by atoms with Gasteiger partial charge in [0.05, 0.1) is 25.4 Å². The number of unbranched alkanes of at least 4 members (excludes halogenated alkanes) is 12. The van der Waals surface area contributed by atoms with E-state index in [1.54, 1.807) is 0 Å². The van der Waals surface area contributed by atoms with Crippen molar-refractivity contribution in [2.24, 2.45) is 5.73 Å². The van der Waals surface area contributed by atoms with Crippen LogP contribution in [0.3, 0.4) is 0 Å². The zero-order chi connectivity index (χ0) is 40.4. The molecule has 1 saturated heterocycles. The van der Waals surface area contributed by atoms with Gasteiger partial charge >= 0.3 is 25.7 Å². The van der Waals surface area contributed by atoms with Crippen LogP contribution < -0.4 is 5.73 Å². The predicted molar refractivity (Wildman–Crippen MR) is 216 cm³/mol. The number of carboxylic acids is 1. The van der Waals surface area contributed by atoms with Gasteiger partial charge in [0.1, 0.15) is 12.6 Å². The summed E-state index contributed by atoms with van der Waals surface area (Å²) in [6.07, 6.45) is 37.7. The summed E-state index contributed by atoms with van der Waals surface area (Å²) < 4.78 is 38.4. The lowest BCUT2D eigenvalue weighted by Gasteiger charge is -2.20. The summed E-state index contributed by atoms with van der Waals surface area (Å²) in [7, 11) is -4.74. The molecule has 12 nitrogen and oxygen atoms in total. The van der Waals surface area contributed by atoms with Crippen molar-refractivity contribution in [3.8, 4) is 0 Å². The lowest BCUT2D eigenvalue weighted by molar-refractivity contribution is -0.161. The van der Waals surface area contributed by atoms with Crippen LogP contribution in [0.2, 0.25) is 0 Å². The molecule has 0 aromatic rings. The summed E-state index contributed by atoms with van der Waals surface area (Å²) in [5, 5.41) is 8.88. The van der Waals surface area contributed by atoms with Gasteiger partial charge in [-0.05, 0) is 77.0 Å². The van der Waals surface area contributed by atoms with Crippen LogP contribution in [0.5, 0.6) is 0 Å². The number of rotatable bonds is 37. The molecule has 0 aromatic carbocycles. The summed E-state index contributed by atoms with van der Waals surface area (Å²) in [5.74, 6) is -2.48. The van der Waals surface area contributed by atoms with Crippen LogP contribution in [0.15, 0.2) is 48.6 Å². The molecule has 316 valence electrons. The monoisotopic (exact) mass is 797 g/mol. The van der Waals surface area contributed by atoms with Crippen molar-refractivity contribution >= 4 is 25.7 Å². The third-order valence-electron chi connectivity index (χ3n) is 8.97. The number of hydrogen-bond donors (Lipinski definition) is 3. The lowest BCUT2D eigenvalue weighted by atomic mass is 10.1. The van der Waals surface area contributed by atoms with E-state index in [1.807, 2.05) is 0 Å². The minimum Gasteiger partial charge on any atom is -0.480 e. The van der Waals surface area contributed by atoms with Crippen molar-refractivity contribution < 1.29 is 52.2 Å². The maximum Gasteiger partial charge on any atom is 0.472 e. The average Bonchev–Trinajstić information content (AvgIpc) is 3.91. The third-order valence-corrected chi connectivity index (χ3v) is 9.92. The molecule has 0 aromatic heterocycles. The Balaban J connectivity index is 2.38. The van der Waals surface area contributed by atoms with Gasteiger partial charge in [-0.2, -0.15) is 0 Å². The maximum absolute atomic E-state index is 12.7. The van der Waals surface area contributed by atoms with Crippen molar-refractivity contribution in [2.75, 3.05) is 19.8 Å². The van der Waals surface area contributed by atoms with Gasteiger partial charge in [0.2, 0.25) is 0 Å². The Morgan fingerprint density at radius 1 is 0.673 bits per heavy atom. The SMILES string of the molecule is CCCCC/C=C\C/C=C\C/C=C\CC1OC1CCCC(=O)O[C@H](COC(=O)CCCCCCC/C=C\CCCCCC)COP(=O)(O)OC[C@H](N)C(=O)O. The first-order chi connectivity index (χ1) is 26.6. The standard InChI is InChI=1S/C42H72NO11P/c1-3-5-7-9-11-13-15-17-19-21-23-25-27-31-40(44)50-33-36(34-51-55(48,49)52-35-37(43)42(46)47)53-41(45)32-28-30-39-38(54-39)29-26-24-22-20-18-16-14-12-10-8-6-4-2/h12-15,18,20,24,26,36-39H,3-11,16-17,19,21-23,25,27-35,43H2,1-2H3,(H,46,47)(H,48,49)/b14-12-,15-13-,20-18-,26-24-/t36-,37+,38?,39?/m1/s1. The summed E-state index contributed by atoms with van der Waals surface area (Å²) in [5.41, 5.74) is 5.33. The molecule has 0 spiro atoms. The van der Waals surface area contributed by atoms with Crippen LogP contribution in [0, 0.1) is 0 Å². The molecule has 0 amide bonds. The maximum atomic E-state index is 12.7. The van der Waals surface area contributed by atoms with Crippen molar-refractivity contribution in [1.82, 2.24) is 0 Å². The number of allylic oxidation sites excluding steroid dienone is 7. The van der Waals surface area contributed by atoms with Crippen LogP contribution in [0.25, 0.3) is 0 Å². The van der Waals surface area contributed by atoms with Crippen molar-refractivity contribution in [3.05, 3.63) is 48.6 Å². The molecule has 1 fully saturated rings. The minimum atomic E-state index is -4.74. The highest BCUT2D eigenvalue weighted by Crippen LogP contribution is 2.43. The number of ether oxygens (including phenoxy) is 3. The first kappa shape index (κ1) is 50.4. The van der Waals surface area contributed by atoms with E-state index in [1.165, 1.54) is 44.9 Å². The smallest absolute Gasteiger partial charge is 0.472 e. The number of hydrogen-bond acceptors (Lipinski definition) is 10. The van der Waals surface area contributed by atoms with E-state index in [0.29, 0.717) is 19.3 Å². The molecule has 0 saturated carbocycles. The fourth-order valence-electron chi connectivity index (χ4n) is 5.56. The molecule has 3 unspecified atom stereocenters. The summed E-state index contributed by atoms with van der Waals surface area (Å²) >= 11 is 0. The molecule has 1 aliphatic heterocycles. The van der Waals surface area contributed by atoms with Crippen molar-refractivity contribution in [3.63, 3.8) is 0 Å². The van der Waals surface area contributed by atoms with Gasteiger partial charge < -0.3 is 29.9 Å². The Kier molecular flexibility index (Phi) is 30.7. The quantitative estimate of drug-likeness (QED) is 0.0178. The molecule has 1 rings (SSSR count). The fourth-order valence-corrected chi connectivity index (χ4v) is 6.33. The van der Waals surface area contributed by atoms with Gasteiger partial charge in [0, 0.05) is 12.8 Å².